The Morgan fingerprint density at radius 2 is 1.54 bits per heavy atom. The first-order valence-corrected chi connectivity index (χ1v) is 15.8. The summed E-state index contributed by atoms with van der Waals surface area (Å²) in [7, 11) is -4.09. The highest BCUT2D eigenvalue weighted by Gasteiger charge is 2.35. The number of nitrogens with zero attached hydrogens (tertiary/aromatic N) is 2. The number of amides is 2. The van der Waals surface area contributed by atoms with E-state index in [1.165, 1.54) is 16.4 Å². The molecule has 4 rings (SSSR count). The summed E-state index contributed by atoms with van der Waals surface area (Å²) in [5, 5.41) is 3.15. The van der Waals surface area contributed by atoms with Crippen molar-refractivity contribution in [1.29, 1.82) is 0 Å². The number of nitrogens with one attached hydrogen (secondary N) is 1. The van der Waals surface area contributed by atoms with Crippen LogP contribution in [0.5, 0.6) is 0 Å². The van der Waals surface area contributed by atoms with E-state index in [1.807, 2.05) is 64.1 Å². The second-order valence-corrected chi connectivity index (χ2v) is 12.9. The van der Waals surface area contributed by atoms with E-state index in [4.69, 9.17) is 0 Å². The SMILES string of the molecule is CC[C@@H](C(=O)NC1CCCC1)N(Cc1ccc(C)cc1)C(=O)CN(c1cc(C)ccc1C)S(=O)(=O)c1ccccc1. The third-order valence-corrected chi connectivity index (χ3v) is 9.58. The van der Waals surface area contributed by atoms with E-state index in [2.05, 4.69) is 5.32 Å². The Kier molecular flexibility index (Phi) is 9.86. The van der Waals surface area contributed by atoms with Gasteiger partial charge in [-0.2, -0.15) is 0 Å². The molecule has 3 aromatic carbocycles. The molecule has 0 heterocycles. The number of hydrogen-bond acceptors (Lipinski definition) is 4. The predicted octanol–water partition coefficient (Wildman–Crippen LogP) is 5.67. The van der Waals surface area contributed by atoms with Crippen molar-refractivity contribution in [3.05, 3.63) is 95.1 Å². The summed E-state index contributed by atoms with van der Waals surface area (Å²) in [6.45, 7) is 7.37. The molecule has 0 saturated heterocycles. The molecule has 0 bridgehead atoms. The fraction of sp³-hybridized carbons (Fsp3) is 0.394. The standard InChI is InChI=1S/C33H41N3O4S/c1-5-30(33(38)34-28-11-9-10-12-28)35(22-27-19-16-24(2)17-20-27)32(37)23-36(31-21-25(3)15-18-26(31)4)41(39,40)29-13-7-6-8-14-29/h6-8,13-21,28,30H,5,9-12,22-23H2,1-4H3,(H,34,38)/t30-/m0/s1. The highest BCUT2D eigenvalue weighted by atomic mass is 32.2. The molecule has 3 aromatic rings. The van der Waals surface area contributed by atoms with E-state index in [9.17, 15) is 18.0 Å². The van der Waals surface area contributed by atoms with Crippen molar-refractivity contribution in [2.75, 3.05) is 10.8 Å². The van der Waals surface area contributed by atoms with Crippen LogP contribution in [0.2, 0.25) is 0 Å². The maximum atomic E-state index is 14.3. The molecule has 1 atom stereocenters. The van der Waals surface area contributed by atoms with E-state index in [0.29, 0.717) is 12.1 Å². The smallest absolute Gasteiger partial charge is 0.264 e. The Hall–Kier alpha value is -3.65. The van der Waals surface area contributed by atoms with Crippen molar-refractivity contribution in [1.82, 2.24) is 10.2 Å². The molecular formula is C33H41N3O4S. The third-order valence-electron chi connectivity index (χ3n) is 7.80. The number of hydrogen-bond donors (Lipinski definition) is 1. The molecule has 1 saturated carbocycles. The van der Waals surface area contributed by atoms with Gasteiger partial charge in [0.15, 0.2) is 0 Å². The first kappa shape index (κ1) is 30.3. The Balaban J connectivity index is 1.73. The Morgan fingerprint density at radius 3 is 2.17 bits per heavy atom. The summed E-state index contributed by atoms with van der Waals surface area (Å²) in [6, 6.07) is 20.9. The van der Waals surface area contributed by atoms with Crippen LogP contribution in [0.3, 0.4) is 0 Å². The van der Waals surface area contributed by atoms with Gasteiger partial charge in [0.05, 0.1) is 10.6 Å². The van der Waals surface area contributed by atoms with Gasteiger partial charge in [-0.05, 0) is 74.9 Å². The Bertz CT molecular complexity index is 1450. The monoisotopic (exact) mass is 575 g/mol. The van der Waals surface area contributed by atoms with E-state index in [-0.39, 0.29) is 23.4 Å². The van der Waals surface area contributed by atoms with Gasteiger partial charge in [0, 0.05) is 12.6 Å². The Morgan fingerprint density at radius 1 is 0.902 bits per heavy atom. The first-order chi connectivity index (χ1) is 19.6. The summed E-state index contributed by atoms with van der Waals surface area (Å²) in [4.78, 5) is 29.5. The largest absolute Gasteiger partial charge is 0.352 e. The minimum absolute atomic E-state index is 0.102. The zero-order valence-electron chi connectivity index (χ0n) is 24.5. The van der Waals surface area contributed by atoms with Crippen LogP contribution in [0.15, 0.2) is 77.7 Å². The molecular weight excluding hydrogens is 534 g/mol. The van der Waals surface area contributed by atoms with Crippen LogP contribution in [0, 0.1) is 20.8 Å². The highest BCUT2D eigenvalue weighted by molar-refractivity contribution is 7.92. The van der Waals surface area contributed by atoms with Gasteiger partial charge in [-0.25, -0.2) is 8.42 Å². The summed E-state index contributed by atoms with van der Waals surface area (Å²) >= 11 is 0. The second-order valence-electron chi connectivity index (χ2n) is 11.0. The van der Waals surface area contributed by atoms with Crippen LogP contribution < -0.4 is 9.62 Å². The molecule has 8 heteroatoms. The van der Waals surface area contributed by atoms with Crippen molar-refractivity contribution in [3.63, 3.8) is 0 Å². The summed E-state index contributed by atoms with van der Waals surface area (Å²) < 4.78 is 29.3. The van der Waals surface area contributed by atoms with Gasteiger partial charge < -0.3 is 10.2 Å². The van der Waals surface area contributed by atoms with Gasteiger partial charge in [-0.1, -0.05) is 79.9 Å². The predicted molar refractivity (Wildman–Crippen MR) is 163 cm³/mol. The van der Waals surface area contributed by atoms with E-state index in [0.717, 1.165) is 47.9 Å². The average Bonchev–Trinajstić information content (AvgIpc) is 3.47. The van der Waals surface area contributed by atoms with Crippen molar-refractivity contribution >= 4 is 27.5 Å². The number of carbonyl (C=O) groups excluding carboxylic acids is 2. The number of rotatable bonds is 11. The molecule has 7 nitrogen and oxygen atoms in total. The van der Waals surface area contributed by atoms with Gasteiger partial charge in [-0.3, -0.25) is 13.9 Å². The average molecular weight is 576 g/mol. The number of sulfonamides is 1. The first-order valence-electron chi connectivity index (χ1n) is 14.4. The van der Waals surface area contributed by atoms with Crippen molar-refractivity contribution in [3.8, 4) is 0 Å². The lowest BCUT2D eigenvalue weighted by Crippen LogP contribution is -2.53. The molecule has 1 aliphatic carbocycles. The minimum Gasteiger partial charge on any atom is -0.352 e. The molecule has 0 radical (unpaired) electrons. The summed E-state index contributed by atoms with van der Waals surface area (Å²) in [5.41, 5.74) is 4.03. The van der Waals surface area contributed by atoms with Gasteiger partial charge in [0.25, 0.3) is 10.0 Å². The quantitative estimate of drug-likeness (QED) is 0.319. The minimum atomic E-state index is -4.09. The number of carbonyl (C=O) groups is 2. The normalized spacial score (nSPS) is 14.4. The number of benzene rings is 3. The van der Waals surface area contributed by atoms with Crippen LogP contribution in [0.25, 0.3) is 0 Å². The second kappa shape index (κ2) is 13.3. The maximum Gasteiger partial charge on any atom is 0.264 e. The zero-order chi connectivity index (χ0) is 29.6. The van der Waals surface area contributed by atoms with Gasteiger partial charge in [0.2, 0.25) is 11.8 Å². The molecule has 218 valence electrons. The van der Waals surface area contributed by atoms with E-state index >= 15 is 0 Å². The number of anilines is 1. The van der Waals surface area contributed by atoms with Crippen LogP contribution in [0.4, 0.5) is 5.69 Å². The van der Waals surface area contributed by atoms with Crippen molar-refractivity contribution < 1.29 is 18.0 Å². The number of aryl methyl sites for hydroxylation is 3. The van der Waals surface area contributed by atoms with Gasteiger partial charge in [0.1, 0.15) is 12.6 Å². The van der Waals surface area contributed by atoms with Gasteiger partial charge >= 0.3 is 0 Å². The third kappa shape index (κ3) is 7.36. The molecule has 41 heavy (non-hydrogen) atoms. The van der Waals surface area contributed by atoms with Crippen molar-refractivity contribution in [2.24, 2.45) is 0 Å². The van der Waals surface area contributed by atoms with E-state index < -0.39 is 28.5 Å². The fourth-order valence-electron chi connectivity index (χ4n) is 5.40. The molecule has 1 aliphatic rings. The van der Waals surface area contributed by atoms with Crippen LogP contribution in [-0.2, 0) is 26.2 Å². The molecule has 1 N–H and O–H groups in total. The molecule has 0 aromatic heterocycles. The lowest BCUT2D eigenvalue weighted by Gasteiger charge is -2.34. The lowest BCUT2D eigenvalue weighted by molar-refractivity contribution is -0.140. The van der Waals surface area contributed by atoms with Gasteiger partial charge in [-0.15, -0.1) is 0 Å². The molecule has 0 aliphatic heterocycles. The van der Waals surface area contributed by atoms with Crippen LogP contribution in [-0.4, -0.2) is 43.8 Å². The zero-order valence-corrected chi connectivity index (χ0v) is 25.3. The molecule has 0 unspecified atom stereocenters. The van der Waals surface area contributed by atoms with E-state index in [1.54, 1.807) is 29.2 Å². The Labute approximate surface area is 244 Å². The van der Waals surface area contributed by atoms with Crippen LogP contribution >= 0.6 is 0 Å². The molecule has 0 spiro atoms. The van der Waals surface area contributed by atoms with Crippen molar-refractivity contribution in [2.45, 2.75) is 83.3 Å². The molecule has 1 fully saturated rings. The summed E-state index contributed by atoms with van der Waals surface area (Å²) in [5.74, 6) is -0.622. The highest BCUT2D eigenvalue weighted by Crippen LogP contribution is 2.29. The van der Waals surface area contributed by atoms with Crippen LogP contribution in [0.1, 0.15) is 61.3 Å². The lowest BCUT2D eigenvalue weighted by atomic mass is 10.1. The maximum absolute atomic E-state index is 14.3. The topological polar surface area (TPSA) is 86.8 Å². The fourth-order valence-corrected chi connectivity index (χ4v) is 6.89. The summed E-state index contributed by atoms with van der Waals surface area (Å²) in [6.07, 6.45) is 4.44. The molecule has 2 amide bonds.